The van der Waals surface area contributed by atoms with Gasteiger partial charge in [0.25, 0.3) is 0 Å². The Kier molecular flexibility index (Phi) is 8.63. The Morgan fingerprint density at radius 3 is 2.75 bits per heavy atom. The van der Waals surface area contributed by atoms with Crippen molar-refractivity contribution in [1.29, 1.82) is 0 Å². The zero-order chi connectivity index (χ0) is 28.1. The zero-order valence-electron chi connectivity index (χ0n) is 22.8. The van der Waals surface area contributed by atoms with Gasteiger partial charge in [-0.2, -0.15) is 0 Å². The van der Waals surface area contributed by atoms with Crippen molar-refractivity contribution >= 4 is 56.9 Å². The maximum Gasteiger partial charge on any atom is 0.357 e. The molecule has 212 valence electrons. The van der Waals surface area contributed by atoms with Gasteiger partial charge in [-0.25, -0.2) is 14.8 Å². The van der Waals surface area contributed by atoms with E-state index in [2.05, 4.69) is 15.6 Å². The van der Waals surface area contributed by atoms with Crippen LogP contribution < -0.4 is 10.6 Å². The molecule has 4 heterocycles. The summed E-state index contributed by atoms with van der Waals surface area (Å²) in [5.74, 6) is 0.441. The van der Waals surface area contributed by atoms with Crippen molar-refractivity contribution in [3.05, 3.63) is 41.1 Å². The molecule has 2 fully saturated rings. The summed E-state index contributed by atoms with van der Waals surface area (Å²) in [5, 5.41) is 9.41. The maximum absolute atomic E-state index is 13.6. The van der Waals surface area contributed by atoms with Crippen molar-refractivity contribution in [3.63, 3.8) is 0 Å². The molecule has 0 unspecified atom stereocenters. The van der Waals surface area contributed by atoms with Crippen molar-refractivity contribution in [2.45, 2.75) is 52.0 Å². The number of anilines is 2. The summed E-state index contributed by atoms with van der Waals surface area (Å²) in [5.41, 5.74) is 1.70. The highest BCUT2D eigenvalue weighted by atomic mass is 32.1. The van der Waals surface area contributed by atoms with Gasteiger partial charge in [0.1, 0.15) is 17.4 Å². The number of nitrogens with zero attached hydrogens (tertiary/aromatic N) is 4. The van der Waals surface area contributed by atoms with Crippen molar-refractivity contribution in [2.24, 2.45) is 4.99 Å². The second-order valence-electron chi connectivity index (χ2n) is 9.95. The van der Waals surface area contributed by atoms with Crippen LogP contribution in [0.15, 0.2) is 39.1 Å². The van der Waals surface area contributed by atoms with Gasteiger partial charge in [0, 0.05) is 36.1 Å². The van der Waals surface area contributed by atoms with E-state index < -0.39 is 12.0 Å². The van der Waals surface area contributed by atoms with Crippen LogP contribution in [0.5, 0.6) is 0 Å². The van der Waals surface area contributed by atoms with Crippen LogP contribution in [0.1, 0.15) is 55.3 Å². The molecule has 2 aliphatic heterocycles. The highest BCUT2D eigenvalue weighted by molar-refractivity contribution is 7.14. The lowest BCUT2D eigenvalue weighted by Crippen LogP contribution is -2.45. The van der Waals surface area contributed by atoms with Gasteiger partial charge in [0.15, 0.2) is 10.8 Å². The average Bonchev–Trinajstić information content (AvgIpc) is 3.68. The number of aryl methyl sites for hydroxylation is 1. The second-order valence-corrected chi connectivity index (χ2v) is 10.8. The Hall–Kier alpha value is -3.93. The maximum atomic E-state index is 13.6. The van der Waals surface area contributed by atoms with Crippen molar-refractivity contribution in [2.75, 3.05) is 43.4 Å². The number of fused-ring (bicyclic) bond motifs is 1. The number of aliphatic imine (C=N–C) groups is 1. The minimum absolute atomic E-state index is 0.00931. The number of esters is 1. The van der Waals surface area contributed by atoms with Crippen LogP contribution in [0.2, 0.25) is 0 Å². The molecule has 12 heteroatoms. The fourth-order valence-corrected chi connectivity index (χ4v) is 5.64. The normalized spacial score (nSPS) is 18.2. The van der Waals surface area contributed by atoms with Crippen LogP contribution in [-0.4, -0.2) is 77.4 Å². The van der Waals surface area contributed by atoms with Crippen LogP contribution in [0.25, 0.3) is 11.0 Å². The number of thiazole rings is 1. The van der Waals surface area contributed by atoms with E-state index in [0.717, 1.165) is 61.2 Å². The number of hydrogen-bond acceptors (Lipinski definition) is 8. The fraction of sp³-hybridized carbons (Fsp3) is 0.464. The number of ether oxygens (including phenoxy) is 1. The van der Waals surface area contributed by atoms with E-state index in [1.165, 1.54) is 11.3 Å². The smallest absolute Gasteiger partial charge is 0.357 e. The number of carbonyl (C=O) groups excluding carboxylic acids is 3. The summed E-state index contributed by atoms with van der Waals surface area (Å²) < 4.78 is 10.7. The number of carbonyl (C=O) groups is 3. The lowest BCUT2D eigenvalue weighted by Gasteiger charge is -2.25. The van der Waals surface area contributed by atoms with Crippen LogP contribution in [0, 0.1) is 6.92 Å². The predicted octanol–water partition coefficient (Wildman–Crippen LogP) is 4.26. The molecule has 2 aliphatic rings. The number of benzene rings is 1. The van der Waals surface area contributed by atoms with Crippen LogP contribution in [0.4, 0.5) is 10.8 Å². The molecule has 2 saturated heterocycles. The predicted molar refractivity (Wildman–Crippen MR) is 154 cm³/mol. The standard InChI is InChI=1S/C28H34N6O5S/c1-3-38-26(37)22-17-40-28(31-22)32-27(29-20-9-10-23-19(15-20)14-18(2)39-23)30-21-8-4-5-13-34(25(21)36)16-24(35)33-11-6-7-12-33/h9-10,14-15,17,21H,3-8,11-13,16H2,1-2H3,(H2,29,30,31,32)/t21-/m0/s1. The first kappa shape index (κ1) is 27.6. The number of amides is 2. The average molecular weight is 567 g/mol. The highest BCUT2D eigenvalue weighted by Crippen LogP contribution is 2.24. The van der Waals surface area contributed by atoms with Gasteiger partial charge in [-0.3, -0.25) is 9.59 Å². The molecule has 11 nitrogen and oxygen atoms in total. The van der Waals surface area contributed by atoms with Crippen LogP contribution in [-0.2, 0) is 14.3 Å². The molecule has 40 heavy (non-hydrogen) atoms. The van der Waals surface area contributed by atoms with E-state index in [1.807, 2.05) is 36.1 Å². The molecular formula is C28H34N6O5S. The first-order chi connectivity index (χ1) is 19.4. The van der Waals surface area contributed by atoms with E-state index in [4.69, 9.17) is 14.1 Å². The third-order valence-electron chi connectivity index (χ3n) is 6.94. The minimum Gasteiger partial charge on any atom is -0.461 e. The SMILES string of the molecule is CCOC(=O)c1csc(NC(=N[C@H]2CCCCN(CC(=O)N3CCCC3)C2=O)Nc2ccc3oc(C)cc3c2)n1. The summed E-state index contributed by atoms with van der Waals surface area (Å²) in [7, 11) is 0. The van der Waals surface area contributed by atoms with Gasteiger partial charge in [-0.05, 0) is 70.2 Å². The van der Waals surface area contributed by atoms with Gasteiger partial charge < -0.3 is 29.6 Å². The number of rotatable bonds is 7. The van der Waals surface area contributed by atoms with Gasteiger partial charge in [-0.15, -0.1) is 11.3 Å². The van der Waals surface area contributed by atoms with Crippen molar-refractivity contribution < 1.29 is 23.5 Å². The molecular weight excluding hydrogens is 532 g/mol. The number of furan rings is 1. The Morgan fingerprint density at radius 1 is 1.15 bits per heavy atom. The summed E-state index contributed by atoms with van der Waals surface area (Å²) in [6, 6.07) is 6.94. The quantitative estimate of drug-likeness (QED) is 0.247. The number of nitrogens with one attached hydrogen (secondary N) is 2. The number of hydrogen-bond donors (Lipinski definition) is 2. The van der Waals surface area contributed by atoms with E-state index >= 15 is 0 Å². The first-order valence-corrected chi connectivity index (χ1v) is 14.6. The molecule has 0 radical (unpaired) electrons. The van der Waals surface area contributed by atoms with E-state index in [0.29, 0.717) is 24.1 Å². The Balaban J connectivity index is 1.39. The monoisotopic (exact) mass is 566 g/mol. The minimum atomic E-state index is -0.673. The summed E-state index contributed by atoms with van der Waals surface area (Å²) in [6.07, 6.45) is 4.20. The number of guanidine groups is 1. The molecule has 0 spiro atoms. The van der Waals surface area contributed by atoms with Crippen LogP contribution in [0.3, 0.4) is 0 Å². The number of likely N-dealkylation sites (tertiary alicyclic amines) is 2. The third kappa shape index (κ3) is 6.61. The fourth-order valence-electron chi connectivity index (χ4n) is 4.96. The van der Waals surface area contributed by atoms with Crippen molar-refractivity contribution in [1.82, 2.24) is 14.8 Å². The third-order valence-corrected chi connectivity index (χ3v) is 7.70. The summed E-state index contributed by atoms with van der Waals surface area (Å²) in [4.78, 5) is 51.2. The van der Waals surface area contributed by atoms with Gasteiger partial charge in [0.2, 0.25) is 17.8 Å². The van der Waals surface area contributed by atoms with E-state index in [-0.39, 0.29) is 30.7 Å². The van der Waals surface area contributed by atoms with E-state index in [1.54, 1.807) is 17.2 Å². The van der Waals surface area contributed by atoms with Crippen molar-refractivity contribution in [3.8, 4) is 0 Å². The Labute approximate surface area is 236 Å². The molecule has 3 aromatic rings. The number of aromatic nitrogens is 1. The molecule has 1 atom stereocenters. The molecule has 0 saturated carbocycles. The molecule has 2 N–H and O–H groups in total. The molecule has 0 bridgehead atoms. The molecule has 1 aromatic carbocycles. The largest absolute Gasteiger partial charge is 0.461 e. The Bertz CT molecular complexity index is 1410. The molecule has 0 aliphatic carbocycles. The lowest BCUT2D eigenvalue weighted by molar-refractivity contribution is -0.140. The van der Waals surface area contributed by atoms with Gasteiger partial charge >= 0.3 is 5.97 Å². The lowest BCUT2D eigenvalue weighted by atomic mass is 10.1. The Morgan fingerprint density at radius 2 is 1.95 bits per heavy atom. The van der Waals surface area contributed by atoms with E-state index in [9.17, 15) is 14.4 Å². The topological polar surface area (TPSA) is 129 Å². The highest BCUT2D eigenvalue weighted by Gasteiger charge is 2.30. The molecule has 2 aromatic heterocycles. The first-order valence-electron chi connectivity index (χ1n) is 13.7. The zero-order valence-corrected chi connectivity index (χ0v) is 23.6. The van der Waals surface area contributed by atoms with Crippen LogP contribution >= 0.6 is 11.3 Å². The second kappa shape index (κ2) is 12.5. The summed E-state index contributed by atoms with van der Waals surface area (Å²) in [6.45, 7) is 6.00. The van der Waals surface area contributed by atoms with Gasteiger partial charge in [-0.1, -0.05) is 0 Å². The van der Waals surface area contributed by atoms with Gasteiger partial charge in [0.05, 0.1) is 13.2 Å². The summed E-state index contributed by atoms with van der Waals surface area (Å²) >= 11 is 1.23. The molecule has 2 amide bonds. The molecule has 5 rings (SSSR count).